The van der Waals surface area contributed by atoms with Crippen molar-refractivity contribution < 1.29 is 4.39 Å². The molecular weight excluding hydrogens is 293 g/mol. The minimum Gasteiger partial charge on any atom is -0.312 e. The molecule has 0 spiro atoms. The van der Waals surface area contributed by atoms with E-state index in [9.17, 15) is 4.39 Å². The maximum absolute atomic E-state index is 14.0. The number of rotatable bonds is 4. The molecule has 1 aromatic carbocycles. The predicted molar refractivity (Wildman–Crippen MR) is 79.4 cm³/mol. The van der Waals surface area contributed by atoms with E-state index in [1.54, 1.807) is 6.07 Å². The molecule has 0 aliphatic carbocycles. The molecule has 1 aromatic rings. The normalized spacial score (nSPS) is 15.5. The molecule has 1 N–H and O–H groups in total. The first-order chi connectivity index (χ1) is 8.22. The lowest BCUT2D eigenvalue weighted by Gasteiger charge is -2.27. The van der Waals surface area contributed by atoms with E-state index in [-0.39, 0.29) is 17.3 Å². The van der Waals surface area contributed by atoms with E-state index in [2.05, 4.69) is 55.9 Å². The number of hydrogen-bond acceptors (Lipinski definition) is 1. The molecule has 0 heterocycles. The molecule has 0 saturated carbocycles. The number of nitrogens with one attached hydrogen (secondary N) is 1. The average Bonchev–Trinajstić information content (AvgIpc) is 2.28. The fourth-order valence-corrected chi connectivity index (χ4v) is 2.20. The van der Waals surface area contributed by atoms with Crippen molar-refractivity contribution in [2.45, 2.75) is 46.1 Å². The van der Waals surface area contributed by atoms with Crippen LogP contribution in [0.15, 0.2) is 22.7 Å². The maximum Gasteiger partial charge on any atom is 0.140 e. The van der Waals surface area contributed by atoms with Crippen LogP contribution in [0.1, 0.15) is 46.1 Å². The highest BCUT2D eigenvalue weighted by molar-refractivity contribution is 9.10. The van der Waals surface area contributed by atoms with Crippen molar-refractivity contribution in [2.75, 3.05) is 6.54 Å². The van der Waals surface area contributed by atoms with E-state index in [1.165, 1.54) is 0 Å². The number of halogens is 2. The van der Waals surface area contributed by atoms with Gasteiger partial charge in [-0.25, -0.2) is 4.39 Å². The second kappa shape index (κ2) is 6.16. The van der Waals surface area contributed by atoms with Crippen molar-refractivity contribution in [3.63, 3.8) is 0 Å². The van der Waals surface area contributed by atoms with Gasteiger partial charge in [-0.1, -0.05) is 26.0 Å². The van der Waals surface area contributed by atoms with Crippen LogP contribution >= 0.6 is 15.9 Å². The molecule has 18 heavy (non-hydrogen) atoms. The summed E-state index contributed by atoms with van der Waals surface area (Å²) in [6, 6.07) is 5.50. The molecule has 0 radical (unpaired) electrons. The van der Waals surface area contributed by atoms with E-state index >= 15 is 0 Å². The third-order valence-corrected chi connectivity index (χ3v) is 3.89. The van der Waals surface area contributed by atoms with Gasteiger partial charge >= 0.3 is 0 Å². The van der Waals surface area contributed by atoms with E-state index in [0.717, 1.165) is 12.1 Å². The zero-order valence-electron chi connectivity index (χ0n) is 11.8. The summed E-state index contributed by atoms with van der Waals surface area (Å²) in [4.78, 5) is 0. The molecule has 0 aliphatic heterocycles. The lowest BCUT2D eigenvalue weighted by Crippen LogP contribution is -2.39. The summed E-state index contributed by atoms with van der Waals surface area (Å²) in [5.74, 6) is 0.443. The summed E-state index contributed by atoms with van der Waals surface area (Å²) >= 11 is 3.24. The highest BCUT2D eigenvalue weighted by Crippen LogP contribution is 2.29. The summed E-state index contributed by atoms with van der Waals surface area (Å²) in [5, 5.41) is 3.47. The Balaban J connectivity index is 2.74. The van der Waals surface area contributed by atoms with Crippen LogP contribution in [0.2, 0.25) is 0 Å². The number of benzene rings is 1. The summed E-state index contributed by atoms with van der Waals surface area (Å²) < 4.78 is 14.6. The first kappa shape index (κ1) is 15.6. The summed E-state index contributed by atoms with van der Waals surface area (Å²) in [6.45, 7) is 11.6. The zero-order chi connectivity index (χ0) is 13.9. The first-order valence-electron chi connectivity index (χ1n) is 6.41. The lowest BCUT2D eigenvalue weighted by molar-refractivity contribution is 0.355. The molecular formula is C15H23BrFN. The van der Waals surface area contributed by atoms with Crippen LogP contribution in [0.5, 0.6) is 0 Å². The fraction of sp³-hybridized carbons (Fsp3) is 0.600. The largest absolute Gasteiger partial charge is 0.312 e. The molecule has 1 rings (SSSR count). The van der Waals surface area contributed by atoms with Gasteiger partial charge in [0.15, 0.2) is 0 Å². The third-order valence-electron chi connectivity index (χ3n) is 3.28. The van der Waals surface area contributed by atoms with Gasteiger partial charge in [-0.05, 0) is 66.7 Å². The summed E-state index contributed by atoms with van der Waals surface area (Å²) in [6.07, 6.45) is 0. The van der Waals surface area contributed by atoms with Crippen LogP contribution in [0, 0.1) is 11.7 Å². The van der Waals surface area contributed by atoms with E-state index < -0.39 is 0 Å². The average molecular weight is 316 g/mol. The van der Waals surface area contributed by atoms with Gasteiger partial charge in [-0.3, -0.25) is 0 Å². The molecule has 3 heteroatoms. The SMILES string of the molecule is CC(CNC(C)(C)C)C(C)c1cccc(Br)c1F. The maximum atomic E-state index is 14.0. The van der Waals surface area contributed by atoms with Crippen LogP contribution in [0.4, 0.5) is 4.39 Å². The van der Waals surface area contributed by atoms with E-state index in [1.807, 2.05) is 12.1 Å². The van der Waals surface area contributed by atoms with Crippen LogP contribution in [-0.2, 0) is 0 Å². The summed E-state index contributed by atoms with van der Waals surface area (Å²) in [5.41, 5.74) is 0.886. The molecule has 0 aliphatic rings. The summed E-state index contributed by atoms with van der Waals surface area (Å²) in [7, 11) is 0. The molecule has 0 aromatic heterocycles. The van der Waals surface area contributed by atoms with Crippen molar-refractivity contribution in [1.82, 2.24) is 5.32 Å². The molecule has 2 unspecified atom stereocenters. The Morgan fingerprint density at radius 2 is 1.89 bits per heavy atom. The monoisotopic (exact) mass is 315 g/mol. The highest BCUT2D eigenvalue weighted by Gasteiger charge is 2.20. The zero-order valence-corrected chi connectivity index (χ0v) is 13.4. The Bertz CT molecular complexity index is 398. The topological polar surface area (TPSA) is 12.0 Å². The van der Waals surface area contributed by atoms with Crippen LogP contribution < -0.4 is 5.32 Å². The van der Waals surface area contributed by atoms with Crippen molar-refractivity contribution in [3.05, 3.63) is 34.1 Å². The van der Waals surface area contributed by atoms with Gasteiger partial charge in [0.25, 0.3) is 0 Å². The molecule has 2 atom stereocenters. The van der Waals surface area contributed by atoms with Crippen molar-refractivity contribution in [1.29, 1.82) is 0 Å². The lowest BCUT2D eigenvalue weighted by atomic mass is 9.88. The quantitative estimate of drug-likeness (QED) is 0.848. The smallest absolute Gasteiger partial charge is 0.140 e. The molecule has 0 bridgehead atoms. The van der Waals surface area contributed by atoms with Gasteiger partial charge in [0.05, 0.1) is 4.47 Å². The van der Waals surface area contributed by atoms with Crippen LogP contribution in [0.25, 0.3) is 0 Å². The Morgan fingerprint density at radius 1 is 1.28 bits per heavy atom. The molecule has 102 valence electrons. The van der Waals surface area contributed by atoms with Gasteiger partial charge in [0.2, 0.25) is 0 Å². The van der Waals surface area contributed by atoms with Crippen molar-refractivity contribution in [2.24, 2.45) is 5.92 Å². The molecule has 0 amide bonds. The number of hydrogen-bond donors (Lipinski definition) is 1. The first-order valence-corrected chi connectivity index (χ1v) is 7.20. The highest BCUT2D eigenvalue weighted by atomic mass is 79.9. The van der Waals surface area contributed by atoms with E-state index in [0.29, 0.717) is 10.4 Å². The predicted octanol–water partition coefficient (Wildman–Crippen LogP) is 4.72. The Labute approximate surface area is 118 Å². The second-order valence-electron chi connectivity index (χ2n) is 6.04. The third kappa shape index (κ3) is 4.36. The molecule has 0 saturated heterocycles. The molecule has 1 nitrogen and oxygen atoms in total. The standard InChI is InChI=1S/C15H23BrFN/c1-10(9-18-15(3,4)5)11(2)12-7-6-8-13(16)14(12)17/h6-8,10-11,18H,9H2,1-5H3. The van der Waals surface area contributed by atoms with Gasteiger partial charge in [0.1, 0.15) is 5.82 Å². The Hall–Kier alpha value is -0.410. The van der Waals surface area contributed by atoms with Crippen LogP contribution in [0.3, 0.4) is 0 Å². The van der Waals surface area contributed by atoms with Crippen LogP contribution in [-0.4, -0.2) is 12.1 Å². The van der Waals surface area contributed by atoms with Gasteiger partial charge < -0.3 is 5.32 Å². The van der Waals surface area contributed by atoms with Gasteiger partial charge in [-0.15, -0.1) is 0 Å². The van der Waals surface area contributed by atoms with Gasteiger partial charge in [0, 0.05) is 5.54 Å². The Morgan fingerprint density at radius 3 is 2.44 bits per heavy atom. The minimum atomic E-state index is -0.132. The van der Waals surface area contributed by atoms with Gasteiger partial charge in [-0.2, -0.15) is 0 Å². The Kier molecular flexibility index (Phi) is 5.35. The fourth-order valence-electron chi connectivity index (χ4n) is 1.82. The van der Waals surface area contributed by atoms with Crippen molar-refractivity contribution in [3.8, 4) is 0 Å². The van der Waals surface area contributed by atoms with Crippen molar-refractivity contribution >= 4 is 15.9 Å². The second-order valence-corrected chi connectivity index (χ2v) is 6.89. The van der Waals surface area contributed by atoms with E-state index in [4.69, 9.17) is 0 Å². The minimum absolute atomic E-state index is 0.101. The molecule has 0 fully saturated rings.